The zero-order valence-electron chi connectivity index (χ0n) is 18.4. The second-order valence-corrected chi connectivity index (χ2v) is 11.6. The molecule has 0 bridgehead atoms. The topological polar surface area (TPSA) is 79.0 Å². The zero-order valence-corrected chi connectivity index (χ0v) is 20.0. The predicted octanol–water partition coefficient (Wildman–Crippen LogP) is 2.65. The number of aryl methyl sites for hydroxylation is 1. The Balaban J connectivity index is 1.39. The summed E-state index contributed by atoms with van der Waals surface area (Å²) in [6, 6.07) is 11.6. The molecule has 0 aliphatic carbocycles. The van der Waals surface area contributed by atoms with Crippen LogP contribution in [0.1, 0.15) is 30.0 Å². The van der Waals surface area contributed by atoms with E-state index in [1.165, 1.54) is 21.2 Å². The van der Waals surface area contributed by atoms with Crippen LogP contribution in [0.2, 0.25) is 0 Å². The number of morpholine rings is 1. The number of thiophene rings is 1. The van der Waals surface area contributed by atoms with Crippen LogP contribution in [0.3, 0.4) is 0 Å². The van der Waals surface area contributed by atoms with Gasteiger partial charge >= 0.3 is 0 Å². The first-order valence-electron chi connectivity index (χ1n) is 11.1. The van der Waals surface area contributed by atoms with Crippen LogP contribution in [0.25, 0.3) is 0 Å². The molecule has 2 fully saturated rings. The fourth-order valence-corrected chi connectivity index (χ4v) is 6.87. The molecule has 32 heavy (non-hydrogen) atoms. The summed E-state index contributed by atoms with van der Waals surface area (Å²) in [6.07, 6.45) is 1.07. The van der Waals surface area contributed by atoms with E-state index >= 15 is 0 Å². The molecule has 1 aromatic heterocycles. The van der Waals surface area contributed by atoms with E-state index in [-0.39, 0.29) is 17.9 Å². The van der Waals surface area contributed by atoms with Gasteiger partial charge in [0.15, 0.2) is 0 Å². The van der Waals surface area contributed by atoms with Crippen LogP contribution in [0, 0.1) is 12.8 Å². The second kappa shape index (κ2) is 10.4. The minimum atomic E-state index is -3.46. The summed E-state index contributed by atoms with van der Waals surface area (Å²) in [6.45, 7) is 6.68. The zero-order chi connectivity index (χ0) is 22.6. The Kier molecular flexibility index (Phi) is 7.63. The summed E-state index contributed by atoms with van der Waals surface area (Å²) in [4.78, 5) is 15.5. The van der Waals surface area contributed by atoms with Crippen molar-refractivity contribution in [3.8, 4) is 0 Å². The molecular formula is C23H31N3O4S2. The Hall–Kier alpha value is -1.78. The standard InChI is InChI=1S/C23H31N3O4S2/c1-18-4-6-19(7-5-18)21(17-25-12-14-30-15-13-25)24-23(27)20-8-10-26(11-9-20)32(28,29)22-3-2-16-31-22/h2-7,16,20-21H,8-15,17H2,1H3,(H,24,27)/t21-/m0/s1. The minimum Gasteiger partial charge on any atom is -0.379 e. The van der Waals surface area contributed by atoms with Gasteiger partial charge in [-0.3, -0.25) is 9.69 Å². The van der Waals surface area contributed by atoms with E-state index in [0.29, 0.717) is 43.4 Å². The van der Waals surface area contributed by atoms with E-state index < -0.39 is 10.0 Å². The van der Waals surface area contributed by atoms with Crippen molar-refractivity contribution in [2.24, 2.45) is 5.92 Å². The van der Waals surface area contributed by atoms with Gasteiger partial charge in [-0.1, -0.05) is 35.9 Å². The van der Waals surface area contributed by atoms with Crippen LogP contribution in [-0.4, -0.2) is 69.5 Å². The normalized spacial score (nSPS) is 20.2. The average molecular weight is 478 g/mol. The lowest BCUT2D eigenvalue weighted by Gasteiger charge is -2.33. The number of hydrogen-bond acceptors (Lipinski definition) is 6. The Bertz CT molecular complexity index is 979. The number of amides is 1. The maximum absolute atomic E-state index is 13.2. The summed E-state index contributed by atoms with van der Waals surface area (Å²) >= 11 is 1.23. The number of benzene rings is 1. The van der Waals surface area contributed by atoms with Gasteiger partial charge in [-0.05, 0) is 36.8 Å². The first-order chi connectivity index (χ1) is 15.4. The third-order valence-corrected chi connectivity index (χ3v) is 9.53. The maximum atomic E-state index is 13.2. The van der Waals surface area contributed by atoms with E-state index in [4.69, 9.17) is 4.74 Å². The number of hydrogen-bond donors (Lipinski definition) is 1. The predicted molar refractivity (Wildman–Crippen MR) is 125 cm³/mol. The van der Waals surface area contributed by atoms with Gasteiger partial charge in [0.05, 0.1) is 19.3 Å². The molecule has 2 aliphatic heterocycles. The van der Waals surface area contributed by atoms with Crippen molar-refractivity contribution in [2.45, 2.75) is 30.0 Å². The van der Waals surface area contributed by atoms with Crippen molar-refractivity contribution in [2.75, 3.05) is 45.9 Å². The number of rotatable bonds is 7. The molecule has 1 amide bonds. The van der Waals surface area contributed by atoms with Gasteiger partial charge in [-0.25, -0.2) is 8.42 Å². The maximum Gasteiger partial charge on any atom is 0.252 e. The molecule has 7 nitrogen and oxygen atoms in total. The molecule has 9 heteroatoms. The van der Waals surface area contributed by atoms with Gasteiger partial charge in [0.25, 0.3) is 10.0 Å². The van der Waals surface area contributed by atoms with E-state index in [2.05, 4.69) is 41.4 Å². The quantitative estimate of drug-likeness (QED) is 0.663. The van der Waals surface area contributed by atoms with Crippen LogP contribution in [0.4, 0.5) is 0 Å². The van der Waals surface area contributed by atoms with Crippen LogP contribution in [-0.2, 0) is 19.6 Å². The molecule has 0 spiro atoms. The average Bonchev–Trinajstić information content (AvgIpc) is 3.36. The third kappa shape index (κ3) is 5.58. The van der Waals surface area contributed by atoms with Crippen molar-refractivity contribution in [1.82, 2.24) is 14.5 Å². The van der Waals surface area contributed by atoms with Crippen LogP contribution < -0.4 is 5.32 Å². The van der Waals surface area contributed by atoms with Gasteiger partial charge in [0.2, 0.25) is 5.91 Å². The first-order valence-corrected chi connectivity index (χ1v) is 13.5. The molecule has 174 valence electrons. The lowest BCUT2D eigenvalue weighted by molar-refractivity contribution is -0.127. The molecule has 2 aromatic rings. The van der Waals surface area contributed by atoms with Gasteiger partial charge in [-0.2, -0.15) is 4.31 Å². The molecule has 4 rings (SSSR count). The largest absolute Gasteiger partial charge is 0.379 e. The number of nitrogens with zero attached hydrogens (tertiary/aromatic N) is 2. The number of piperidine rings is 1. The highest BCUT2D eigenvalue weighted by Crippen LogP contribution is 2.27. The van der Waals surface area contributed by atoms with Crippen molar-refractivity contribution < 1.29 is 17.9 Å². The van der Waals surface area contributed by atoms with Crippen molar-refractivity contribution in [1.29, 1.82) is 0 Å². The monoisotopic (exact) mass is 477 g/mol. The molecule has 0 unspecified atom stereocenters. The van der Waals surface area contributed by atoms with Gasteiger partial charge in [0, 0.05) is 38.6 Å². The number of ether oxygens (including phenoxy) is 1. The summed E-state index contributed by atoms with van der Waals surface area (Å²) in [5.41, 5.74) is 2.28. The van der Waals surface area contributed by atoms with Gasteiger partial charge in [-0.15, -0.1) is 11.3 Å². The van der Waals surface area contributed by atoms with Crippen LogP contribution >= 0.6 is 11.3 Å². The molecule has 2 aliphatic rings. The van der Waals surface area contributed by atoms with Crippen LogP contribution in [0.15, 0.2) is 46.0 Å². The van der Waals surface area contributed by atoms with E-state index in [1.54, 1.807) is 17.5 Å². The Labute approximate surface area is 194 Å². The molecule has 0 radical (unpaired) electrons. The Morgan fingerprint density at radius 2 is 1.81 bits per heavy atom. The highest BCUT2D eigenvalue weighted by atomic mass is 32.2. The number of carbonyl (C=O) groups is 1. The fraction of sp³-hybridized carbons (Fsp3) is 0.522. The van der Waals surface area contributed by atoms with Crippen molar-refractivity contribution in [3.63, 3.8) is 0 Å². The summed E-state index contributed by atoms with van der Waals surface area (Å²) in [5, 5.41) is 5.03. The summed E-state index contributed by atoms with van der Waals surface area (Å²) < 4.78 is 32.8. The van der Waals surface area contributed by atoms with Gasteiger partial charge in [0.1, 0.15) is 4.21 Å². The lowest BCUT2D eigenvalue weighted by Crippen LogP contribution is -2.46. The Morgan fingerprint density at radius 3 is 2.44 bits per heavy atom. The molecule has 1 N–H and O–H groups in total. The van der Waals surface area contributed by atoms with Crippen molar-refractivity contribution >= 4 is 27.3 Å². The molecule has 2 saturated heterocycles. The highest BCUT2D eigenvalue weighted by molar-refractivity contribution is 7.91. The first kappa shape index (κ1) is 23.4. The number of sulfonamides is 1. The van der Waals surface area contributed by atoms with E-state index in [0.717, 1.165) is 25.2 Å². The van der Waals surface area contributed by atoms with Crippen molar-refractivity contribution in [3.05, 3.63) is 52.9 Å². The summed E-state index contributed by atoms with van der Waals surface area (Å²) in [7, 11) is -3.46. The SMILES string of the molecule is Cc1ccc([C@H](CN2CCOCC2)NC(=O)C2CCN(S(=O)(=O)c3cccs3)CC2)cc1. The number of nitrogens with one attached hydrogen (secondary N) is 1. The molecule has 3 heterocycles. The molecule has 0 saturated carbocycles. The smallest absolute Gasteiger partial charge is 0.252 e. The number of carbonyl (C=O) groups excluding carboxylic acids is 1. The molecular weight excluding hydrogens is 446 g/mol. The molecule has 1 aromatic carbocycles. The fourth-order valence-electron chi connectivity index (χ4n) is 4.26. The second-order valence-electron chi connectivity index (χ2n) is 8.50. The minimum absolute atomic E-state index is 0.0111. The van der Waals surface area contributed by atoms with E-state index in [1.807, 2.05) is 0 Å². The third-order valence-electron chi connectivity index (χ3n) is 6.25. The summed E-state index contributed by atoms with van der Waals surface area (Å²) in [5.74, 6) is -0.167. The van der Waals surface area contributed by atoms with Crippen LogP contribution in [0.5, 0.6) is 0 Å². The Morgan fingerprint density at radius 1 is 1.12 bits per heavy atom. The lowest BCUT2D eigenvalue weighted by atomic mass is 9.96. The highest BCUT2D eigenvalue weighted by Gasteiger charge is 2.33. The van der Waals surface area contributed by atoms with E-state index in [9.17, 15) is 13.2 Å². The van der Waals surface area contributed by atoms with Gasteiger partial charge < -0.3 is 10.1 Å². The molecule has 1 atom stereocenters.